The highest BCUT2D eigenvalue weighted by molar-refractivity contribution is 9.10. The lowest BCUT2D eigenvalue weighted by Crippen LogP contribution is -2.34. The Morgan fingerprint density at radius 3 is 2.78 bits per heavy atom. The number of anilines is 1. The fraction of sp³-hybridized carbons (Fsp3) is 0.133. The Bertz CT molecular complexity index is 986. The van der Waals surface area contributed by atoms with Gasteiger partial charge in [-0.1, -0.05) is 40.8 Å². The van der Waals surface area contributed by atoms with Crippen LogP contribution in [-0.2, 0) is 6.42 Å². The molecule has 1 aromatic carbocycles. The van der Waals surface area contributed by atoms with E-state index < -0.39 is 0 Å². The summed E-state index contributed by atoms with van der Waals surface area (Å²) >= 11 is 4.84. The zero-order valence-electron chi connectivity index (χ0n) is 12.3. The van der Waals surface area contributed by atoms with E-state index in [9.17, 15) is 4.79 Å². The van der Waals surface area contributed by atoms with Gasteiger partial charge in [-0.25, -0.2) is 4.68 Å². The van der Waals surface area contributed by atoms with E-state index in [1.54, 1.807) is 6.20 Å². The van der Waals surface area contributed by atoms with Crippen molar-refractivity contribution in [3.05, 3.63) is 54.7 Å². The van der Waals surface area contributed by atoms with Crippen LogP contribution in [0, 0.1) is 0 Å². The minimum Gasteiger partial charge on any atom is -0.336 e. The average Bonchev–Trinajstić information content (AvgIpc) is 3.11. The minimum atomic E-state index is -0.176. The molecule has 0 aliphatic heterocycles. The van der Waals surface area contributed by atoms with Gasteiger partial charge in [-0.3, -0.25) is 9.89 Å². The molecule has 3 aromatic rings. The first-order chi connectivity index (χ1) is 11.1. The van der Waals surface area contributed by atoms with Crippen molar-refractivity contribution >= 4 is 45.2 Å². The van der Waals surface area contributed by atoms with Crippen LogP contribution in [0.2, 0.25) is 0 Å². The molecule has 3 rings (SSSR count). The highest BCUT2D eigenvalue weighted by Gasteiger charge is 2.05. The molecule has 6 nitrogen and oxygen atoms in total. The highest BCUT2D eigenvalue weighted by Crippen LogP contribution is 2.15. The molecule has 0 unspecified atom stereocenters. The molecule has 0 fully saturated rings. The fourth-order valence-electron chi connectivity index (χ4n) is 2.01. The third kappa shape index (κ3) is 3.27. The summed E-state index contributed by atoms with van der Waals surface area (Å²) in [5, 5.41) is 16.6. The van der Waals surface area contributed by atoms with Crippen LogP contribution in [0.4, 0.5) is 5.13 Å². The van der Waals surface area contributed by atoms with Gasteiger partial charge in [0.1, 0.15) is 5.01 Å². The number of aromatic amines is 1. The second-order valence-corrected chi connectivity index (χ2v) is 6.74. The molecule has 118 valence electrons. The maximum Gasteiger partial charge on any atom is 0.280 e. The minimum absolute atomic E-state index is 0.176. The van der Waals surface area contributed by atoms with Crippen LogP contribution in [0.5, 0.6) is 0 Å². The Morgan fingerprint density at radius 2 is 2.13 bits per heavy atom. The van der Waals surface area contributed by atoms with Crippen LogP contribution in [0.25, 0.3) is 18.5 Å². The van der Waals surface area contributed by atoms with E-state index in [1.165, 1.54) is 16.0 Å². The number of nitrogens with zero attached hydrogens (tertiary/aromatic N) is 3. The zero-order chi connectivity index (χ0) is 16.4. The molecule has 0 spiro atoms. The molecular formula is C15H14BrN5OS. The van der Waals surface area contributed by atoms with Crippen molar-refractivity contribution < 1.29 is 0 Å². The quantitative estimate of drug-likeness (QED) is 0.708. The van der Waals surface area contributed by atoms with E-state index in [4.69, 9.17) is 0 Å². The summed E-state index contributed by atoms with van der Waals surface area (Å²) < 4.78 is 2.41. The summed E-state index contributed by atoms with van der Waals surface area (Å²) in [7, 11) is 0. The number of aromatic nitrogens is 4. The fourth-order valence-corrected chi connectivity index (χ4v) is 2.92. The molecule has 0 bridgehead atoms. The SMILES string of the molecule is C=c1[nH]n(-c2ccc(Br)cc2)c(=O)c1=CNc1nnc(CC)s1. The molecule has 2 aromatic heterocycles. The van der Waals surface area contributed by atoms with Gasteiger partial charge in [0.2, 0.25) is 5.13 Å². The van der Waals surface area contributed by atoms with Gasteiger partial charge >= 0.3 is 0 Å². The van der Waals surface area contributed by atoms with Gasteiger partial charge in [0.25, 0.3) is 5.56 Å². The summed E-state index contributed by atoms with van der Waals surface area (Å²) in [6.07, 6.45) is 2.44. The lowest BCUT2D eigenvalue weighted by Gasteiger charge is -2.00. The molecule has 8 heteroatoms. The second kappa shape index (κ2) is 6.51. The Kier molecular flexibility index (Phi) is 4.44. The molecule has 0 radical (unpaired) electrons. The number of H-pyrrole nitrogens is 1. The van der Waals surface area contributed by atoms with Gasteiger partial charge in [0.15, 0.2) is 0 Å². The summed E-state index contributed by atoms with van der Waals surface area (Å²) in [5.74, 6) is 0. The highest BCUT2D eigenvalue weighted by atomic mass is 79.9. The standard InChI is InChI=1S/C15H14BrN5OS/c1-3-13-18-19-15(23-13)17-8-12-9(2)20-21(14(12)22)11-6-4-10(16)5-7-11/h4-8,20H,2-3H2,1H3,(H,17,19). The van der Waals surface area contributed by atoms with Crippen molar-refractivity contribution in [3.63, 3.8) is 0 Å². The maximum atomic E-state index is 12.5. The predicted molar refractivity (Wildman–Crippen MR) is 96.2 cm³/mol. The number of halogens is 1. The zero-order valence-corrected chi connectivity index (χ0v) is 14.7. The number of hydrogen-bond donors (Lipinski definition) is 2. The predicted octanol–water partition coefficient (Wildman–Crippen LogP) is 1.60. The topological polar surface area (TPSA) is 75.6 Å². The van der Waals surface area contributed by atoms with E-state index in [-0.39, 0.29) is 5.56 Å². The lowest BCUT2D eigenvalue weighted by atomic mass is 10.3. The molecule has 0 saturated carbocycles. The number of nitrogens with one attached hydrogen (secondary N) is 2. The van der Waals surface area contributed by atoms with Gasteiger partial charge in [0, 0.05) is 10.7 Å². The summed E-state index contributed by atoms with van der Waals surface area (Å²) in [4.78, 5) is 12.5. The van der Waals surface area contributed by atoms with Crippen LogP contribution >= 0.6 is 27.3 Å². The van der Waals surface area contributed by atoms with Crippen molar-refractivity contribution in [3.8, 4) is 5.69 Å². The molecule has 0 aliphatic carbocycles. The van der Waals surface area contributed by atoms with Crippen LogP contribution in [0.1, 0.15) is 11.9 Å². The van der Waals surface area contributed by atoms with Crippen molar-refractivity contribution in [2.45, 2.75) is 13.3 Å². The first-order valence-corrected chi connectivity index (χ1v) is 8.54. The Hall–Kier alpha value is -2.19. The van der Waals surface area contributed by atoms with E-state index in [0.29, 0.717) is 15.7 Å². The van der Waals surface area contributed by atoms with E-state index in [2.05, 4.69) is 43.1 Å². The molecule has 0 atom stereocenters. The first kappa shape index (κ1) is 15.7. The third-order valence-corrected chi connectivity index (χ3v) is 4.73. The maximum absolute atomic E-state index is 12.5. The molecule has 2 N–H and O–H groups in total. The molecule has 0 saturated heterocycles. The van der Waals surface area contributed by atoms with Crippen molar-refractivity contribution in [2.75, 3.05) is 5.32 Å². The van der Waals surface area contributed by atoms with E-state index >= 15 is 0 Å². The first-order valence-electron chi connectivity index (χ1n) is 6.93. The Labute approximate surface area is 144 Å². The van der Waals surface area contributed by atoms with Crippen molar-refractivity contribution in [1.82, 2.24) is 20.0 Å². The van der Waals surface area contributed by atoms with Crippen LogP contribution in [0.3, 0.4) is 0 Å². The summed E-state index contributed by atoms with van der Waals surface area (Å²) in [6, 6.07) is 7.44. The monoisotopic (exact) mass is 391 g/mol. The van der Waals surface area contributed by atoms with Gasteiger partial charge in [-0.05, 0) is 30.7 Å². The number of aryl methyl sites for hydroxylation is 1. The average molecular weight is 392 g/mol. The molecule has 2 heterocycles. The smallest absolute Gasteiger partial charge is 0.280 e. The van der Waals surface area contributed by atoms with Crippen molar-refractivity contribution in [2.24, 2.45) is 0 Å². The largest absolute Gasteiger partial charge is 0.336 e. The summed E-state index contributed by atoms with van der Waals surface area (Å²) in [5.41, 5.74) is 0.567. The van der Waals surface area contributed by atoms with Crippen LogP contribution in [-0.4, -0.2) is 20.0 Å². The molecular weight excluding hydrogens is 378 g/mol. The third-order valence-electron chi connectivity index (χ3n) is 3.20. The van der Waals surface area contributed by atoms with E-state index in [1.807, 2.05) is 31.2 Å². The van der Waals surface area contributed by atoms with E-state index in [0.717, 1.165) is 21.6 Å². The Balaban J connectivity index is 1.97. The second-order valence-electron chi connectivity index (χ2n) is 4.76. The van der Waals surface area contributed by atoms with Crippen LogP contribution < -0.4 is 21.4 Å². The normalized spacial score (nSPS) is 11.8. The van der Waals surface area contributed by atoms with Gasteiger partial charge in [-0.15, -0.1) is 10.2 Å². The molecule has 0 amide bonds. The van der Waals surface area contributed by atoms with Gasteiger partial charge in [-0.2, -0.15) is 0 Å². The number of rotatable bonds is 4. The molecule has 0 aliphatic rings. The lowest BCUT2D eigenvalue weighted by molar-refractivity contribution is 0.838. The van der Waals surface area contributed by atoms with Gasteiger partial charge < -0.3 is 5.32 Å². The number of hydrogen-bond acceptors (Lipinski definition) is 5. The number of benzene rings is 1. The van der Waals surface area contributed by atoms with Crippen LogP contribution in [0.15, 0.2) is 33.5 Å². The van der Waals surface area contributed by atoms with Crippen molar-refractivity contribution in [1.29, 1.82) is 0 Å². The van der Waals surface area contributed by atoms with Gasteiger partial charge in [0.05, 0.1) is 16.3 Å². The summed E-state index contributed by atoms with van der Waals surface area (Å²) in [6.45, 7) is 5.91. The molecule has 23 heavy (non-hydrogen) atoms. The Morgan fingerprint density at radius 1 is 1.39 bits per heavy atom.